The highest BCUT2D eigenvalue weighted by atomic mass is 16.5. The number of morpholine rings is 1. The average molecular weight is 369 g/mol. The first-order valence-corrected chi connectivity index (χ1v) is 8.98. The van der Waals surface area contributed by atoms with E-state index in [2.05, 4.69) is 15.0 Å². The predicted molar refractivity (Wildman–Crippen MR) is 95.5 cm³/mol. The van der Waals surface area contributed by atoms with Gasteiger partial charge in [-0.2, -0.15) is 0 Å². The van der Waals surface area contributed by atoms with E-state index in [0.717, 1.165) is 32.8 Å². The zero-order valence-corrected chi connectivity index (χ0v) is 14.7. The number of nitrogens with one attached hydrogen (secondary N) is 1. The van der Waals surface area contributed by atoms with E-state index in [9.17, 15) is 9.59 Å². The Morgan fingerprint density at radius 2 is 2.04 bits per heavy atom. The number of rotatable bonds is 4. The molecule has 5 heterocycles. The molecule has 2 aliphatic heterocycles. The van der Waals surface area contributed by atoms with E-state index in [1.54, 1.807) is 29.4 Å². The molecule has 0 atom stereocenters. The van der Waals surface area contributed by atoms with Gasteiger partial charge < -0.3 is 14.1 Å². The lowest BCUT2D eigenvalue weighted by Crippen LogP contribution is -2.41. The van der Waals surface area contributed by atoms with Gasteiger partial charge in [-0.15, -0.1) is 0 Å². The first-order chi connectivity index (χ1) is 13.2. The number of H-pyrrole nitrogens is 1. The third-order valence-corrected chi connectivity index (χ3v) is 5.12. The SMILES string of the molecule is O=C1c2nc3cc(-c4ccco4)[nH]n3c(=O)c2CN1CCN1CCOCC1. The highest BCUT2D eigenvalue weighted by Gasteiger charge is 2.33. The lowest BCUT2D eigenvalue weighted by atomic mass is 10.2. The van der Waals surface area contributed by atoms with Gasteiger partial charge in [0.1, 0.15) is 11.4 Å². The van der Waals surface area contributed by atoms with Gasteiger partial charge in [0.15, 0.2) is 11.4 Å². The van der Waals surface area contributed by atoms with Crippen LogP contribution in [0.4, 0.5) is 0 Å². The van der Waals surface area contributed by atoms with Gasteiger partial charge in [0.05, 0.1) is 31.6 Å². The van der Waals surface area contributed by atoms with Crippen LogP contribution in [0, 0.1) is 0 Å². The minimum absolute atomic E-state index is 0.182. The van der Waals surface area contributed by atoms with Crippen LogP contribution in [0.2, 0.25) is 0 Å². The number of fused-ring (bicyclic) bond motifs is 2. The average Bonchev–Trinajstić information content (AvgIpc) is 3.41. The molecule has 0 spiro atoms. The Bertz CT molecular complexity index is 1050. The van der Waals surface area contributed by atoms with Gasteiger partial charge in [-0.1, -0.05) is 0 Å². The Morgan fingerprint density at radius 3 is 2.81 bits per heavy atom. The number of hydrogen-bond acceptors (Lipinski definition) is 6. The molecule has 9 heteroatoms. The van der Waals surface area contributed by atoms with Crippen LogP contribution in [0.25, 0.3) is 17.1 Å². The molecule has 2 aliphatic rings. The Balaban J connectivity index is 1.41. The summed E-state index contributed by atoms with van der Waals surface area (Å²) in [5.41, 5.74) is 1.51. The summed E-state index contributed by atoms with van der Waals surface area (Å²) in [7, 11) is 0. The number of furan rings is 1. The van der Waals surface area contributed by atoms with E-state index in [0.29, 0.717) is 35.8 Å². The molecule has 3 aromatic rings. The monoisotopic (exact) mass is 369 g/mol. The predicted octanol–water partition coefficient (Wildman–Crippen LogP) is 0.571. The van der Waals surface area contributed by atoms with Gasteiger partial charge in [-0.05, 0) is 12.1 Å². The molecule has 140 valence electrons. The highest BCUT2D eigenvalue weighted by Crippen LogP contribution is 2.22. The van der Waals surface area contributed by atoms with Crippen molar-refractivity contribution in [1.82, 2.24) is 24.4 Å². The Morgan fingerprint density at radius 1 is 1.19 bits per heavy atom. The molecule has 0 unspecified atom stereocenters. The van der Waals surface area contributed by atoms with Gasteiger partial charge in [-0.3, -0.25) is 19.6 Å². The van der Waals surface area contributed by atoms with Crippen molar-refractivity contribution in [3.63, 3.8) is 0 Å². The van der Waals surface area contributed by atoms with Gasteiger partial charge in [-0.25, -0.2) is 9.50 Å². The van der Waals surface area contributed by atoms with Crippen molar-refractivity contribution < 1.29 is 13.9 Å². The van der Waals surface area contributed by atoms with Gasteiger partial charge >= 0.3 is 0 Å². The lowest BCUT2D eigenvalue weighted by Gasteiger charge is -2.28. The van der Waals surface area contributed by atoms with Crippen LogP contribution in [0.5, 0.6) is 0 Å². The minimum Gasteiger partial charge on any atom is -0.463 e. The quantitative estimate of drug-likeness (QED) is 0.722. The second-order valence-corrected chi connectivity index (χ2v) is 6.77. The second kappa shape index (κ2) is 6.36. The Kier molecular flexibility index (Phi) is 3.83. The van der Waals surface area contributed by atoms with Crippen LogP contribution < -0.4 is 5.56 Å². The largest absolute Gasteiger partial charge is 0.463 e. The van der Waals surface area contributed by atoms with Gasteiger partial charge in [0.25, 0.3) is 11.5 Å². The third kappa shape index (κ3) is 2.75. The van der Waals surface area contributed by atoms with E-state index in [1.165, 1.54) is 4.52 Å². The smallest absolute Gasteiger partial charge is 0.278 e. The lowest BCUT2D eigenvalue weighted by molar-refractivity contribution is 0.0327. The number of nitrogens with zero attached hydrogens (tertiary/aromatic N) is 4. The fourth-order valence-electron chi connectivity index (χ4n) is 3.62. The summed E-state index contributed by atoms with van der Waals surface area (Å²) in [6, 6.07) is 5.28. The van der Waals surface area contributed by atoms with Crippen LogP contribution in [-0.2, 0) is 11.3 Å². The fourth-order valence-corrected chi connectivity index (χ4v) is 3.62. The molecule has 0 radical (unpaired) electrons. The maximum Gasteiger partial charge on any atom is 0.278 e. The van der Waals surface area contributed by atoms with Crippen molar-refractivity contribution in [3.05, 3.63) is 46.1 Å². The molecule has 0 saturated carbocycles. The molecule has 5 rings (SSSR count). The summed E-state index contributed by atoms with van der Waals surface area (Å²) in [6.45, 7) is 4.82. The van der Waals surface area contributed by atoms with Crippen molar-refractivity contribution >= 4 is 11.6 Å². The molecule has 27 heavy (non-hydrogen) atoms. The molecule has 3 aromatic heterocycles. The first-order valence-electron chi connectivity index (χ1n) is 8.98. The van der Waals surface area contributed by atoms with Crippen molar-refractivity contribution in [2.45, 2.75) is 6.54 Å². The zero-order chi connectivity index (χ0) is 18.4. The number of amides is 1. The number of carbonyl (C=O) groups excluding carboxylic acids is 1. The minimum atomic E-state index is -0.241. The standard InChI is InChI=1S/C18H19N5O4/c24-17-12-11-22(4-3-21-5-8-26-9-6-21)18(25)16(12)19-15-10-13(20-23(15)17)14-2-1-7-27-14/h1-2,7,10,20H,3-6,8-9,11H2. The van der Waals surface area contributed by atoms with Crippen molar-refractivity contribution in [1.29, 1.82) is 0 Å². The first kappa shape index (κ1) is 16.3. The summed E-state index contributed by atoms with van der Waals surface area (Å²) in [6.07, 6.45) is 1.56. The zero-order valence-electron chi connectivity index (χ0n) is 14.7. The van der Waals surface area contributed by atoms with Crippen LogP contribution in [0.1, 0.15) is 16.1 Å². The summed E-state index contributed by atoms with van der Waals surface area (Å²) < 4.78 is 12.1. The van der Waals surface area contributed by atoms with Crippen LogP contribution >= 0.6 is 0 Å². The van der Waals surface area contributed by atoms with E-state index in [-0.39, 0.29) is 17.2 Å². The molecule has 0 bridgehead atoms. The maximum absolute atomic E-state index is 12.9. The maximum atomic E-state index is 12.9. The van der Waals surface area contributed by atoms with Crippen molar-refractivity contribution in [2.75, 3.05) is 39.4 Å². The topological polar surface area (TPSA) is 96.1 Å². The number of hydrogen-bond donors (Lipinski definition) is 1. The Labute approximate surface area is 154 Å². The highest BCUT2D eigenvalue weighted by molar-refractivity contribution is 5.96. The van der Waals surface area contributed by atoms with Gasteiger partial charge in [0, 0.05) is 32.2 Å². The second-order valence-electron chi connectivity index (χ2n) is 6.77. The van der Waals surface area contributed by atoms with E-state index in [4.69, 9.17) is 9.15 Å². The third-order valence-electron chi connectivity index (χ3n) is 5.12. The van der Waals surface area contributed by atoms with Crippen LogP contribution in [0.15, 0.2) is 33.7 Å². The molecule has 9 nitrogen and oxygen atoms in total. The summed E-state index contributed by atoms with van der Waals surface area (Å²) in [4.78, 5) is 34.0. The van der Waals surface area contributed by atoms with Crippen LogP contribution in [0.3, 0.4) is 0 Å². The Hall–Kier alpha value is -2.91. The number of ether oxygens (including phenoxy) is 1. The van der Waals surface area contributed by atoms with E-state index in [1.807, 2.05) is 0 Å². The summed E-state index contributed by atoms with van der Waals surface area (Å²) in [5, 5.41) is 3.01. The molecule has 0 aromatic carbocycles. The summed E-state index contributed by atoms with van der Waals surface area (Å²) in [5.74, 6) is 0.428. The molecule has 1 N–H and O–H groups in total. The number of aromatic nitrogens is 3. The van der Waals surface area contributed by atoms with E-state index >= 15 is 0 Å². The number of aromatic amines is 1. The molecule has 0 aliphatic carbocycles. The fraction of sp³-hybridized carbons (Fsp3) is 0.389. The van der Waals surface area contributed by atoms with Crippen LogP contribution in [-0.4, -0.2) is 69.7 Å². The van der Waals surface area contributed by atoms with Crippen molar-refractivity contribution in [2.24, 2.45) is 0 Å². The normalized spacial score (nSPS) is 17.8. The number of carbonyl (C=O) groups is 1. The van der Waals surface area contributed by atoms with E-state index < -0.39 is 0 Å². The molecule has 1 fully saturated rings. The molecule has 1 saturated heterocycles. The van der Waals surface area contributed by atoms with Gasteiger partial charge in [0.2, 0.25) is 0 Å². The summed E-state index contributed by atoms with van der Waals surface area (Å²) >= 11 is 0. The molecular weight excluding hydrogens is 350 g/mol. The molecular formula is C18H19N5O4. The van der Waals surface area contributed by atoms with Crippen molar-refractivity contribution in [3.8, 4) is 11.5 Å². The molecule has 1 amide bonds.